The molecule has 116 valence electrons. The van der Waals surface area contributed by atoms with Gasteiger partial charge in [0.15, 0.2) is 5.78 Å². The Balaban J connectivity index is 1.80. The van der Waals surface area contributed by atoms with Crippen LogP contribution in [0.3, 0.4) is 0 Å². The molecule has 21 heavy (non-hydrogen) atoms. The normalized spacial score (nSPS) is 16.9. The maximum atomic E-state index is 12.2. The molecule has 4 heteroatoms. The molecule has 0 spiro atoms. The Bertz CT molecular complexity index is 483. The molecule has 1 heterocycles. The van der Waals surface area contributed by atoms with Gasteiger partial charge in [0.2, 0.25) is 0 Å². The molecule has 4 nitrogen and oxygen atoms in total. The number of Topliss-reactive ketones (excluding diaryl/α,β-unsaturated/α-hetero) is 1. The maximum absolute atomic E-state index is 12.2. The molecule has 0 fully saturated rings. The number of carbonyl (C=O) groups is 1. The van der Waals surface area contributed by atoms with E-state index in [1.165, 1.54) is 11.3 Å². The van der Waals surface area contributed by atoms with E-state index in [2.05, 4.69) is 36.3 Å². The Kier molecular flexibility index (Phi) is 5.76. The van der Waals surface area contributed by atoms with E-state index in [0.29, 0.717) is 12.6 Å². The Hall–Kier alpha value is -1.39. The van der Waals surface area contributed by atoms with Crippen LogP contribution in [0.1, 0.15) is 36.7 Å². The topological polar surface area (TPSA) is 44.4 Å². The van der Waals surface area contributed by atoms with Crippen molar-refractivity contribution < 1.29 is 4.79 Å². The summed E-state index contributed by atoms with van der Waals surface area (Å²) in [6.07, 6.45) is 1.01. The molecule has 2 rings (SSSR count). The number of anilines is 1. The zero-order chi connectivity index (χ0) is 15.2. The van der Waals surface area contributed by atoms with E-state index >= 15 is 0 Å². The highest BCUT2D eigenvalue weighted by molar-refractivity contribution is 5.98. The second-order valence-electron chi connectivity index (χ2n) is 5.75. The van der Waals surface area contributed by atoms with E-state index in [4.69, 9.17) is 0 Å². The third-order valence-corrected chi connectivity index (χ3v) is 4.14. The summed E-state index contributed by atoms with van der Waals surface area (Å²) in [5, 5.41) is 6.66. The average molecular weight is 289 g/mol. The first kappa shape index (κ1) is 16.0. The minimum Gasteiger partial charge on any atom is -0.382 e. The number of ketones is 1. The van der Waals surface area contributed by atoms with E-state index < -0.39 is 0 Å². The van der Waals surface area contributed by atoms with E-state index in [9.17, 15) is 4.79 Å². The predicted octanol–water partition coefficient (Wildman–Crippen LogP) is 2.16. The first-order valence-electron chi connectivity index (χ1n) is 7.99. The van der Waals surface area contributed by atoms with E-state index in [1.807, 2.05) is 18.2 Å². The minimum atomic E-state index is 0.178. The van der Waals surface area contributed by atoms with Crippen LogP contribution in [0.4, 0.5) is 5.69 Å². The second-order valence-corrected chi connectivity index (χ2v) is 5.75. The van der Waals surface area contributed by atoms with Gasteiger partial charge in [0.1, 0.15) is 0 Å². The van der Waals surface area contributed by atoms with Crippen molar-refractivity contribution in [1.82, 2.24) is 10.2 Å². The number of hydrogen-bond donors (Lipinski definition) is 2. The number of benzene rings is 1. The highest BCUT2D eigenvalue weighted by atomic mass is 16.1. The third-order valence-electron chi connectivity index (χ3n) is 4.14. The van der Waals surface area contributed by atoms with Gasteiger partial charge in [0.25, 0.3) is 0 Å². The third kappa shape index (κ3) is 4.29. The predicted molar refractivity (Wildman–Crippen MR) is 88.2 cm³/mol. The maximum Gasteiger partial charge on any atom is 0.176 e. The molecule has 1 aliphatic heterocycles. The lowest BCUT2D eigenvalue weighted by Crippen LogP contribution is -2.34. The van der Waals surface area contributed by atoms with Gasteiger partial charge in [-0.05, 0) is 50.2 Å². The molecule has 0 saturated heterocycles. The minimum absolute atomic E-state index is 0.178. The zero-order valence-electron chi connectivity index (χ0n) is 13.4. The standard InChI is InChI=1S/C17H27N3O/c1-4-20(5-2)9-8-18-12-17(21)14-6-7-16-15(11-14)10-13(3)19-16/h6-7,11,13,18-19H,4-5,8-10,12H2,1-3H3. The van der Waals surface area contributed by atoms with Gasteiger partial charge in [-0.25, -0.2) is 0 Å². The molecule has 1 aromatic rings. The molecule has 0 saturated carbocycles. The van der Waals surface area contributed by atoms with Crippen LogP contribution < -0.4 is 10.6 Å². The highest BCUT2D eigenvalue weighted by Crippen LogP contribution is 2.26. The van der Waals surface area contributed by atoms with E-state index in [0.717, 1.165) is 38.2 Å². The van der Waals surface area contributed by atoms with E-state index in [1.54, 1.807) is 0 Å². The molecule has 1 atom stereocenters. The lowest BCUT2D eigenvalue weighted by atomic mass is 10.0. The fraction of sp³-hybridized carbons (Fsp3) is 0.588. The summed E-state index contributed by atoms with van der Waals surface area (Å²) in [6.45, 7) is 10.9. The van der Waals surface area contributed by atoms with Crippen molar-refractivity contribution in [3.8, 4) is 0 Å². The van der Waals surface area contributed by atoms with Gasteiger partial charge in [-0.15, -0.1) is 0 Å². The number of nitrogens with one attached hydrogen (secondary N) is 2. The largest absolute Gasteiger partial charge is 0.382 e. The molecular formula is C17H27N3O. The van der Waals surface area contributed by atoms with Gasteiger partial charge in [-0.2, -0.15) is 0 Å². The first-order valence-corrected chi connectivity index (χ1v) is 7.99. The summed E-state index contributed by atoms with van der Waals surface area (Å²) < 4.78 is 0. The van der Waals surface area contributed by atoms with Gasteiger partial charge in [0, 0.05) is 30.4 Å². The van der Waals surface area contributed by atoms with Crippen LogP contribution in [0.25, 0.3) is 0 Å². The number of carbonyl (C=O) groups excluding carboxylic acids is 1. The van der Waals surface area contributed by atoms with Crippen LogP contribution in [0.2, 0.25) is 0 Å². The van der Waals surface area contributed by atoms with Crippen LogP contribution in [0, 0.1) is 0 Å². The molecule has 0 aromatic heterocycles. The molecule has 1 unspecified atom stereocenters. The van der Waals surface area contributed by atoms with Gasteiger partial charge < -0.3 is 15.5 Å². The molecule has 0 radical (unpaired) electrons. The highest BCUT2D eigenvalue weighted by Gasteiger charge is 2.18. The molecule has 1 aliphatic rings. The number of hydrogen-bond acceptors (Lipinski definition) is 4. The zero-order valence-corrected chi connectivity index (χ0v) is 13.4. The Labute approximate surface area is 127 Å². The average Bonchev–Trinajstić information content (AvgIpc) is 2.86. The van der Waals surface area contributed by atoms with Crippen molar-refractivity contribution in [2.45, 2.75) is 33.2 Å². The van der Waals surface area contributed by atoms with Crippen molar-refractivity contribution >= 4 is 11.5 Å². The summed E-state index contributed by atoms with van der Waals surface area (Å²) in [5.74, 6) is 0.178. The summed E-state index contributed by atoms with van der Waals surface area (Å²) in [6, 6.07) is 6.47. The van der Waals surface area contributed by atoms with Crippen LogP contribution >= 0.6 is 0 Å². The number of rotatable bonds is 8. The summed E-state index contributed by atoms with van der Waals surface area (Å²) >= 11 is 0. The lowest BCUT2D eigenvalue weighted by molar-refractivity contribution is 0.0990. The van der Waals surface area contributed by atoms with Crippen molar-refractivity contribution in [1.29, 1.82) is 0 Å². The summed E-state index contributed by atoms with van der Waals surface area (Å²) in [5.41, 5.74) is 3.25. The Morgan fingerprint density at radius 3 is 2.86 bits per heavy atom. The quantitative estimate of drug-likeness (QED) is 0.568. The fourth-order valence-corrected chi connectivity index (χ4v) is 2.80. The Morgan fingerprint density at radius 1 is 1.38 bits per heavy atom. The SMILES string of the molecule is CCN(CC)CCNCC(=O)c1ccc2c(c1)CC(C)N2. The molecular weight excluding hydrogens is 262 g/mol. The van der Waals surface area contributed by atoms with Crippen LogP contribution in [-0.4, -0.2) is 49.4 Å². The monoisotopic (exact) mass is 289 g/mol. The Morgan fingerprint density at radius 2 is 2.14 bits per heavy atom. The molecule has 0 amide bonds. The van der Waals surface area contributed by atoms with Crippen LogP contribution in [0.5, 0.6) is 0 Å². The smallest absolute Gasteiger partial charge is 0.176 e. The van der Waals surface area contributed by atoms with Crippen molar-refractivity contribution in [3.05, 3.63) is 29.3 Å². The van der Waals surface area contributed by atoms with Crippen LogP contribution in [0.15, 0.2) is 18.2 Å². The lowest BCUT2D eigenvalue weighted by Gasteiger charge is -2.17. The molecule has 2 N–H and O–H groups in total. The number of nitrogens with zero attached hydrogens (tertiary/aromatic N) is 1. The van der Waals surface area contributed by atoms with Crippen LogP contribution in [-0.2, 0) is 6.42 Å². The fourth-order valence-electron chi connectivity index (χ4n) is 2.80. The molecule has 0 bridgehead atoms. The van der Waals surface area contributed by atoms with Gasteiger partial charge in [-0.1, -0.05) is 13.8 Å². The first-order chi connectivity index (χ1) is 10.1. The van der Waals surface area contributed by atoms with Crippen molar-refractivity contribution in [2.24, 2.45) is 0 Å². The number of fused-ring (bicyclic) bond motifs is 1. The van der Waals surface area contributed by atoms with E-state index in [-0.39, 0.29) is 5.78 Å². The van der Waals surface area contributed by atoms with Crippen molar-refractivity contribution in [2.75, 3.05) is 38.0 Å². The molecule has 1 aromatic carbocycles. The van der Waals surface area contributed by atoms with Gasteiger partial charge in [0.05, 0.1) is 6.54 Å². The van der Waals surface area contributed by atoms with Gasteiger partial charge in [-0.3, -0.25) is 4.79 Å². The molecule has 0 aliphatic carbocycles. The van der Waals surface area contributed by atoms with Gasteiger partial charge >= 0.3 is 0 Å². The van der Waals surface area contributed by atoms with Crippen molar-refractivity contribution in [3.63, 3.8) is 0 Å². The second kappa shape index (κ2) is 7.57. The summed E-state index contributed by atoms with van der Waals surface area (Å²) in [7, 11) is 0. The number of likely N-dealkylation sites (N-methyl/N-ethyl adjacent to an activating group) is 1. The summed E-state index contributed by atoms with van der Waals surface area (Å²) in [4.78, 5) is 14.6.